The highest BCUT2D eigenvalue weighted by Crippen LogP contribution is 2.42. The molecule has 2 amide bonds. The van der Waals surface area contributed by atoms with Crippen LogP contribution in [0, 0.1) is 17.8 Å². The van der Waals surface area contributed by atoms with E-state index >= 15 is 0 Å². The van der Waals surface area contributed by atoms with Gasteiger partial charge in [-0.15, -0.1) is 0 Å². The van der Waals surface area contributed by atoms with Gasteiger partial charge in [0, 0.05) is 31.2 Å². The Morgan fingerprint density at radius 3 is 2.69 bits per heavy atom. The number of fused-ring (bicyclic) bond motifs is 3. The normalized spacial score (nSPS) is 25.0. The lowest BCUT2D eigenvalue weighted by Gasteiger charge is -2.38. The highest BCUT2D eigenvalue weighted by Gasteiger charge is 2.42. The number of hydrogen-bond acceptors (Lipinski definition) is 8. The van der Waals surface area contributed by atoms with Gasteiger partial charge < -0.3 is 10.2 Å². The molecule has 2 saturated heterocycles. The van der Waals surface area contributed by atoms with Gasteiger partial charge in [-0.05, 0) is 73.2 Å². The first-order chi connectivity index (χ1) is 17.1. The second-order valence-electron chi connectivity index (χ2n) is 9.43. The average Bonchev–Trinajstić information content (AvgIpc) is 3.30. The number of amides is 2. The van der Waals surface area contributed by atoms with Crippen LogP contribution in [0.4, 0.5) is 10.7 Å². The Labute approximate surface area is 207 Å². The number of aromatic nitrogens is 3. The van der Waals surface area contributed by atoms with Crippen molar-refractivity contribution in [2.45, 2.75) is 19.4 Å². The van der Waals surface area contributed by atoms with E-state index in [4.69, 9.17) is 4.98 Å². The van der Waals surface area contributed by atoms with Gasteiger partial charge in [0.25, 0.3) is 11.1 Å². The molecule has 1 aromatic carbocycles. The van der Waals surface area contributed by atoms with Crippen LogP contribution in [0.5, 0.6) is 0 Å². The van der Waals surface area contributed by atoms with Gasteiger partial charge in [-0.3, -0.25) is 19.9 Å². The van der Waals surface area contributed by atoms with Crippen molar-refractivity contribution in [2.75, 3.05) is 24.5 Å². The van der Waals surface area contributed by atoms with Crippen LogP contribution in [0.2, 0.25) is 0 Å². The first kappa shape index (κ1) is 22.2. The van der Waals surface area contributed by atoms with E-state index in [1.165, 1.54) is 18.2 Å². The van der Waals surface area contributed by atoms with Crippen LogP contribution in [0.1, 0.15) is 24.2 Å². The number of nitrogens with zero attached hydrogens (tertiary/aromatic N) is 4. The largest absolute Gasteiger partial charge is 0.340 e. The topological polar surface area (TPSA) is 100 Å². The zero-order chi connectivity index (χ0) is 23.8. The standard InChI is InChI=1S/C26H26N6O2S/c33-24-23(35-26(34)31-24)11-19-9-10-28-25(30-19)32-14-17-5-6-18(15-32)21(17)13-27-12-20-8-7-16-3-1-2-4-22(16)29-20/h1-4,7-11,17-18,21,27H,5-6,12-15H2,(H,31,33,34)/b23-11-/t17-,18+,21?. The molecule has 2 N–H and O–H groups in total. The highest BCUT2D eigenvalue weighted by molar-refractivity contribution is 8.18. The quantitative estimate of drug-likeness (QED) is 0.510. The van der Waals surface area contributed by atoms with Crippen molar-refractivity contribution in [1.29, 1.82) is 0 Å². The number of carbonyl (C=O) groups is 2. The van der Waals surface area contributed by atoms with Crippen LogP contribution in [0.3, 0.4) is 0 Å². The van der Waals surface area contributed by atoms with E-state index in [9.17, 15) is 9.59 Å². The summed E-state index contributed by atoms with van der Waals surface area (Å²) in [4.78, 5) is 39.9. The first-order valence-electron chi connectivity index (χ1n) is 12.0. The molecule has 178 valence electrons. The van der Waals surface area contributed by atoms with Gasteiger partial charge in [-0.2, -0.15) is 0 Å². The zero-order valence-corrected chi connectivity index (χ0v) is 20.0. The minimum atomic E-state index is -0.370. The molecule has 2 bridgehead atoms. The van der Waals surface area contributed by atoms with E-state index in [0.717, 1.165) is 49.2 Å². The number of imide groups is 1. The fraction of sp³-hybridized carbons (Fsp3) is 0.346. The minimum absolute atomic E-state index is 0.348. The maximum Gasteiger partial charge on any atom is 0.290 e. The first-order valence-corrected chi connectivity index (χ1v) is 12.8. The number of pyridine rings is 1. The van der Waals surface area contributed by atoms with Crippen LogP contribution in [-0.4, -0.2) is 45.7 Å². The number of anilines is 1. The van der Waals surface area contributed by atoms with Gasteiger partial charge in [0.05, 0.1) is 21.8 Å². The molecule has 4 heterocycles. The maximum absolute atomic E-state index is 11.9. The van der Waals surface area contributed by atoms with Gasteiger partial charge in [-0.25, -0.2) is 9.97 Å². The predicted molar refractivity (Wildman–Crippen MR) is 137 cm³/mol. The summed E-state index contributed by atoms with van der Waals surface area (Å²) in [6.45, 7) is 3.64. The summed E-state index contributed by atoms with van der Waals surface area (Å²) >= 11 is 0.903. The lowest BCUT2D eigenvalue weighted by molar-refractivity contribution is -0.115. The Kier molecular flexibility index (Phi) is 5.95. The summed E-state index contributed by atoms with van der Waals surface area (Å²) in [6, 6.07) is 14.2. The maximum atomic E-state index is 11.9. The van der Waals surface area contributed by atoms with Gasteiger partial charge >= 0.3 is 0 Å². The van der Waals surface area contributed by atoms with Crippen LogP contribution < -0.4 is 15.5 Å². The van der Waals surface area contributed by atoms with E-state index < -0.39 is 0 Å². The van der Waals surface area contributed by atoms with Crippen LogP contribution in [0.25, 0.3) is 17.0 Å². The number of nitrogens with one attached hydrogen (secondary N) is 2. The average molecular weight is 487 g/mol. The van der Waals surface area contributed by atoms with Gasteiger partial charge in [0.1, 0.15) is 0 Å². The SMILES string of the molecule is O=C1NC(=O)/C(=C/c2ccnc(N3C[C@H]4CC[C@@H](C3)C4CNCc3ccc4ccccc4n3)n2)S1. The summed E-state index contributed by atoms with van der Waals surface area (Å²) in [6.07, 6.45) is 5.83. The van der Waals surface area contributed by atoms with Crippen molar-refractivity contribution in [1.82, 2.24) is 25.6 Å². The molecule has 2 aromatic heterocycles. The third kappa shape index (κ3) is 4.66. The van der Waals surface area contributed by atoms with Gasteiger partial charge in [0.2, 0.25) is 5.95 Å². The molecule has 9 heteroatoms. The van der Waals surface area contributed by atoms with Crippen molar-refractivity contribution in [3.63, 3.8) is 0 Å². The van der Waals surface area contributed by atoms with Gasteiger partial charge in [0.15, 0.2) is 0 Å². The van der Waals surface area contributed by atoms with Crippen LogP contribution in [-0.2, 0) is 11.3 Å². The van der Waals surface area contributed by atoms with E-state index in [1.54, 1.807) is 18.3 Å². The van der Waals surface area contributed by atoms with E-state index in [1.807, 2.05) is 12.1 Å². The molecule has 8 nitrogen and oxygen atoms in total. The van der Waals surface area contributed by atoms with Crippen LogP contribution in [0.15, 0.2) is 53.6 Å². The lowest BCUT2D eigenvalue weighted by atomic mass is 9.85. The summed E-state index contributed by atoms with van der Waals surface area (Å²) < 4.78 is 0. The third-order valence-electron chi connectivity index (χ3n) is 7.24. The summed E-state index contributed by atoms with van der Waals surface area (Å²) in [5.41, 5.74) is 2.75. The van der Waals surface area contributed by atoms with E-state index in [-0.39, 0.29) is 11.1 Å². The number of carbonyl (C=O) groups excluding carboxylic acids is 2. The molecule has 1 unspecified atom stereocenters. The molecule has 1 saturated carbocycles. The molecule has 3 fully saturated rings. The van der Waals surface area contributed by atoms with Crippen molar-refractivity contribution in [2.24, 2.45) is 17.8 Å². The molecule has 0 spiro atoms. The van der Waals surface area contributed by atoms with Gasteiger partial charge in [-0.1, -0.05) is 24.3 Å². The molecule has 35 heavy (non-hydrogen) atoms. The Bertz CT molecular complexity index is 1310. The van der Waals surface area contributed by atoms with Crippen LogP contribution >= 0.6 is 11.8 Å². The van der Waals surface area contributed by atoms with E-state index in [0.29, 0.717) is 34.3 Å². The fourth-order valence-electron chi connectivity index (χ4n) is 5.56. The minimum Gasteiger partial charge on any atom is -0.340 e. The van der Waals surface area contributed by atoms with Crippen molar-refractivity contribution < 1.29 is 9.59 Å². The molecule has 1 aliphatic carbocycles. The molecule has 3 aromatic rings. The summed E-state index contributed by atoms with van der Waals surface area (Å²) in [5, 5.41) is 6.76. The zero-order valence-electron chi connectivity index (χ0n) is 19.2. The summed E-state index contributed by atoms with van der Waals surface area (Å²) in [7, 11) is 0. The molecular weight excluding hydrogens is 460 g/mol. The lowest BCUT2D eigenvalue weighted by Crippen LogP contribution is -2.45. The smallest absolute Gasteiger partial charge is 0.290 e. The number of piperidine rings is 1. The van der Waals surface area contributed by atoms with Crippen molar-refractivity contribution in [3.8, 4) is 0 Å². The number of benzene rings is 1. The second-order valence-corrected chi connectivity index (χ2v) is 10.4. The molecule has 6 rings (SSSR count). The third-order valence-corrected chi connectivity index (χ3v) is 8.05. The number of thioether (sulfide) groups is 1. The Balaban J connectivity index is 1.08. The predicted octanol–water partition coefficient (Wildman–Crippen LogP) is 3.60. The summed E-state index contributed by atoms with van der Waals surface area (Å²) in [5.74, 6) is 2.17. The molecule has 0 radical (unpaired) electrons. The van der Waals surface area contributed by atoms with Crippen molar-refractivity contribution in [3.05, 3.63) is 65.0 Å². The molecule has 3 aliphatic rings. The Morgan fingerprint density at radius 2 is 1.89 bits per heavy atom. The Hall–Kier alpha value is -3.30. The highest BCUT2D eigenvalue weighted by atomic mass is 32.2. The number of rotatable bonds is 6. The fourth-order valence-corrected chi connectivity index (χ4v) is 6.22. The molecular formula is C26H26N6O2S. The monoisotopic (exact) mass is 486 g/mol. The molecule has 3 atom stereocenters. The molecule has 2 aliphatic heterocycles. The second kappa shape index (κ2) is 9.39. The number of para-hydroxylation sites is 1. The van der Waals surface area contributed by atoms with E-state index in [2.05, 4.69) is 49.8 Å². The Morgan fingerprint density at radius 1 is 1.06 bits per heavy atom. The number of hydrogen-bond donors (Lipinski definition) is 2. The van der Waals surface area contributed by atoms with Crippen molar-refractivity contribution >= 4 is 45.8 Å².